The lowest BCUT2D eigenvalue weighted by molar-refractivity contribution is 0.416. The second kappa shape index (κ2) is 5.60. The Hall–Kier alpha value is -0.240. The molecule has 0 radical (unpaired) electrons. The van der Waals surface area contributed by atoms with Crippen molar-refractivity contribution in [2.45, 2.75) is 38.6 Å². The van der Waals surface area contributed by atoms with Gasteiger partial charge in [0.15, 0.2) is 0 Å². The first-order valence-electron chi connectivity index (χ1n) is 6.33. The number of benzene rings is 1. The fraction of sp³-hybridized carbons (Fsp3) is 0.571. The number of rotatable bonds is 3. The summed E-state index contributed by atoms with van der Waals surface area (Å²) in [7, 11) is 0. The first kappa shape index (κ1) is 13.2. The molecule has 0 aromatic heterocycles. The van der Waals surface area contributed by atoms with E-state index in [2.05, 4.69) is 6.92 Å². The monoisotopic (exact) mass is 271 g/mol. The van der Waals surface area contributed by atoms with Gasteiger partial charge in [0.25, 0.3) is 0 Å². The minimum absolute atomic E-state index is 0.0257. The fourth-order valence-corrected chi connectivity index (χ4v) is 3.28. The molecule has 1 aromatic rings. The molecule has 1 aromatic carbocycles. The van der Waals surface area contributed by atoms with Crippen LogP contribution in [0.3, 0.4) is 0 Å². The Balaban J connectivity index is 2.15. The maximum Gasteiger partial charge on any atom is 0.0640 e. The van der Waals surface area contributed by atoms with Crippen LogP contribution < -0.4 is 5.73 Å². The van der Waals surface area contributed by atoms with Crippen molar-refractivity contribution in [3.05, 3.63) is 33.8 Å². The zero-order valence-corrected chi connectivity index (χ0v) is 11.6. The van der Waals surface area contributed by atoms with Gasteiger partial charge in [0.1, 0.15) is 0 Å². The van der Waals surface area contributed by atoms with Crippen molar-refractivity contribution in [1.29, 1.82) is 0 Å². The lowest BCUT2D eigenvalue weighted by Crippen LogP contribution is -2.20. The average Bonchev–Trinajstić information content (AvgIpc) is 2.80. The third kappa shape index (κ3) is 2.78. The molecule has 2 N–H and O–H groups in total. The molecule has 1 aliphatic rings. The minimum atomic E-state index is 0.0257. The Labute approximate surface area is 113 Å². The average molecular weight is 272 g/mol. The molecule has 3 heteroatoms. The van der Waals surface area contributed by atoms with Gasteiger partial charge in [-0.3, -0.25) is 0 Å². The van der Waals surface area contributed by atoms with E-state index in [0.717, 1.165) is 11.5 Å². The van der Waals surface area contributed by atoms with Gasteiger partial charge < -0.3 is 5.73 Å². The Kier molecular flexibility index (Phi) is 4.35. The van der Waals surface area contributed by atoms with Gasteiger partial charge in [0.2, 0.25) is 0 Å². The number of hydrogen-bond donors (Lipinski definition) is 1. The molecule has 94 valence electrons. The molecule has 0 spiro atoms. The lowest BCUT2D eigenvalue weighted by atomic mass is 9.91. The molecule has 0 amide bonds. The highest BCUT2D eigenvalue weighted by Crippen LogP contribution is 2.41. The van der Waals surface area contributed by atoms with E-state index in [9.17, 15) is 0 Å². The largest absolute Gasteiger partial charge is 0.324 e. The standard InChI is InChI=1S/C14H19Cl2N/c1-2-9-6-7-10(8-9)14(17)11-4-3-5-12(15)13(11)16/h3-5,9-10,14H,2,6-8,17H2,1H3. The van der Waals surface area contributed by atoms with Gasteiger partial charge in [0, 0.05) is 6.04 Å². The molecule has 0 aliphatic heterocycles. The van der Waals surface area contributed by atoms with Crippen LogP contribution in [0.5, 0.6) is 0 Å². The molecule has 17 heavy (non-hydrogen) atoms. The fourth-order valence-electron chi connectivity index (χ4n) is 2.84. The van der Waals surface area contributed by atoms with Crippen molar-refractivity contribution in [2.75, 3.05) is 0 Å². The summed E-state index contributed by atoms with van der Waals surface area (Å²) in [5.74, 6) is 1.39. The van der Waals surface area contributed by atoms with Crippen molar-refractivity contribution in [1.82, 2.24) is 0 Å². The predicted octanol–water partition coefficient (Wildman–Crippen LogP) is 4.82. The number of hydrogen-bond acceptors (Lipinski definition) is 1. The van der Waals surface area contributed by atoms with Crippen LogP contribution in [0, 0.1) is 11.8 Å². The molecule has 1 nitrogen and oxygen atoms in total. The van der Waals surface area contributed by atoms with Crippen molar-refractivity contribution >= 4 is 23.2 Å². The molecule has 1 aliphatic carbocycles. The molecule has 2 rings (SSSR count). The Bertz CT molecular complexity index is 392. The molecular formula is C14H19Cl2N. The van der Waals surface area contributed by atoms with Gasteiger partial charge in [0.05, 0.1) is 10.0 Å². The Morgan fingerprint density at radius 2 is 2.12 bits per heavy atom. The second-order valence-electron chi connectivity index (χ2n) is 5.02. The molecule has 3 unspecified atom stereocenters. The second-order valence-corrected chi connectivity index (χ2v) is 5.80. The van der Waals surface area contributed by atoms with Crippen LogP contribution in [0.15, 0.2) is 18.2 Å². The van der Waals surface area contributed by atoms with E-state index in [1.165, 1.54) is 25.7 Å². The third-order valence-electron chi connectivity index (χ3n) is 4.01. The summed E-state index contributed by atoms with van der Waals surface area (Å²) in [4.78, 5) is 0. The van der Waals surface area contributed by atoms with E-state index < -0.39 is 0 Å². The van der Waals surface area contributed by atoms with E-state index in [1.54, 1.807) is 0 Å². The third-order valence-corrected chi connectivity index (χ3v) is 4.84. The summed E-state index contributed by atoms with van der Waals surface area (Å²) >= 11 is 12.3. The van der Waals surface area contributed by atoms with Crippen LogP contribution >= 0.6 is 23.2 Å². The summed E-state index contributed by atoms with van der Waals surface area (Å²) in [6.07, 6.45) is 4.99. The zero-order chi connectivity index (χ0) is 12.4. The molecule has 0 bridgehead atoms. The Morgan fingerprint density at radius 1 is 1.35 bits per heavy atom. The summed E-state index contributed by atoms with van der Waals surface area (Å²) in [6.45, 7) is 2.25. The maximum atomic E-state index is 6.34. The zero-order valence-electron chi connectivity index (χ0n) is 10.1. The molecule has 3 atom stereocenters. The van der Waals surface area contributed by atoms with Crippen LogP contribution in [0.2, 0.25) is 10.0 Å². The van der Waals surface area contributed by atoms with Gasteiger partial charge >= 0.3 is 0 Å². The van der Waals surface area contributed by atoms with E-state index in [4.69, 9.17) is 28.9 Å². The van der Waals surface area contributed by atoms with E-state index in [-0.39, 0.29) is 6.04 Å². The van der Waals surface area contributed by atoms with E-state index in [0.29, 0.717) is 16.0 Å². The van der Waals surface area contributed by atoms with Crippen LogP contribution in [-0.4, -0.2) is 0 Å². The molecule has 1 fully saturated rings. The van der Waals surface area contributed by atoms with Gasteiger partial charge in [-0.2, -0.15) is 0 Å². The van der Waals surface area contributed by atoms with Crippen LogP contribution in [0.1, 0.15) is 44.2 Å². The quantitative estimate of drug-likeness (QED) is 0.838. The van der Waals surface area contributed by atoms with Crippen LogP contribution in [0.25, 0.3) is 0 Å². The SMILES string of the molecule is CCC1CCC(C(N)c2cccc(Cl)c2Cl)C1. The minimum Gasteiger partial charge on any atom is -0.324 e. The first-order chi connectivity index (χ1) is 8.13. The number of halogens is 2. The summed E-state index contributed by atoms with van der Waals surface area (Å²) in [5.41, 5.74) is 7.34. The Morgan fingerprint density at radius 3 is 2.76 bits per heavy atom. The van der Waals surface area contributed by atoms with E-state index in [1.807, 2.05) is 18.2 Å². The summed E-state index contributed by atoms with van der Waals surface area (Å²) in [6, 6.07) is 5.76. The summed E-state index contributed by atoms with van der Waals surface area (Å²) < 4.78 is 0. The highest BCUT2D eigenvalue weighted by Gasteiger charge is 2.29. The summed E-state index contributed by atoms with van der Waals surface area (Å²) in [5, 5.41) is 1.23. The van der Waals surface area contributed by atoms with Gasteiger partial charge in [-0.05, 0) is 36.3 Å². The maximum absolute atomic E-state index is 6.34. The predicted molar refractivity (Wildman–Crippen MR) is 74.5 cm³/mol. The van der Waals surface area contributed by atoms with Crippen molar-refractivity contribution in [3.63, 3.8) is 0 Å². The highest BCUT2D eigenvalue weighted by atomic mass is 35.5. The van der Waals surface area contributed by atoms with Crippen molar-refractivity contribution in [3.8, 4) is 0 Å². The molecular weight excluding hydrogens is 253 g/mol. The first-order valence-corrected chi connectivity index (χ1v) is 7.08. The van der Waals surface area contributed by atoms with Crippen molar-refractivity contribution in [2.24, 2.45) is 17.6 Å². The van der Waals surface area contributed by atoms with Gasteiger partial charge in [-0.1, -0.05) is 55.1 Å². The molecule has 1 saturated carbocycles. The van der Waals surface area contributed by atoms with Gasteiger partial charge in [-0.25, -0.2) is 0 Å². The lowest BCUT2D eigenvalue weighted by Gasteiger charge is -2.21. The smallest absolute Gasteiger partial charge is 0.0640 e. The normalized spacial score (nSPS) is 26.1. The molecule has 0 heterocycles. The van der Waals surface area contributed by atoms with E-state index >= 15 is 0 Å². The topological polar surface area (TPSA) is 26.0 Å². The van der Waals surface area contributed by atoms with Crippen LogP contribution in [0.4, 0.5) is 0 Å². The van der Waals surface area contributed by atoms with Crippen molar-refractivity contribution < 1.29 is 0 Å². The van der Waals surface area contributed by atoms with Crippen LogP contribution in [-0.2, 0) is 0 Å². The van der Waals surface area contributed by atoms with Gasteiger partial charge in [-0.15, -0.1) is 0 Å². The molecule has 0 saturated heterocycles. The highest BCUT2D eigenvalue weighted by molar-refractivity contribution is 6.42. The number of nitrogens with two attached hydrogens (primary N) is 1.